The quantitative estimate of drug-likeness (QED) is 0.560. The van der Waals surface area contributed by atoms with Crippen molar-refractivity contribution in [1.29, 1.82) is 0 Å². The molecule has 1 aliphatic carbocycles. The molecule has 0 heterocycles. The third kappa shape index (κ3) is 3.34. The molecule has 0 aromatic heterocycles. The zero-order chi connectivity index (χ0) is 14.0. The fourth-order valence-electron chi connectivity index (χ4n) is 3.19. The van der Waals surface area contributed by atoms with Crippen molar-refractivity contribution in [1.82, 2.24) is 0 Å². The van der Waals surface area contributed by atoms with Crippen LogP contribution < -0.4 is 0 Å². The van der Waals surface area contributed by atoms with Crippen LogP contribution in [0, 0.1) is 21.4 Å². The lowest BCUT2D eigenvalue weighted by Gasteiger charge is -2.37. The molecule has 1 aromatic rings. The number of hydrogen-bond acceptors (Lipinski definition) is 2. The van der Waals surface area contributed by atoms with E-state index in [4.69, 9.17) is 0 Å². The van der Waals surface area contributed by atoms with Crippen LogP contribution in [0.4, 0.5) is 5.69 Å². The van der Waals surface area contributed by atoms with Gasteiger partial charge in [-0.2, -0.15) is 0 Å². The van der Waals surface area contributed by atoms with Crippen molar-refractivity contribution in [3.05, 3.63) is 39.9 Å². The Morgan fingerprint density at radius 3 is 2.32 bits per heavy atom. The van der Waals surface area contributed by atoms with Gasteiger partial charge in [0.25, 0.3) is 5.69 Å². The summed E-state index contributed by atoms with van der Waals surface area (Å²) in [4.78, 5) is 10.5. The molecule has 0 amide bonds. The number of rotatable bonds is 2. The highest BCUT2D eigenvalue weighted by molar-refractivity contribution is 5.36. The zero-order valence-electron chi connectivity index (χ0n) is 12.1. The van der Waals surface area contributed by atoms with Gasteiger partial charge in [-0.15, -0.1) is 0 Å². The number of non-ortho nitro benzene ring substituents is 1. The maximum absolute atomic E-state index is 10.8. The van der Waals surface area contributed by atoms with E-state index in [0.717, 1.165) is 24.3 Å². The van der Waals surface area contributed by atoms with E-state index in [1.807, 2.05) is 12.1 Å². The summed E-state index contributed by atoms with van der Waals surface area (Å²) in [5.74, 6) is 1.28. The molecule has 0 unspecified atom stereocenters. The minimum absolute atomic E-state index is 0.218. The summed E-state index contributed by atoms with van der Waals surface area (Å²) in [5.41, 5.74) is 1.74. The Morgan fingerprint density at radius 1 is 1.16 bits per heavy atom. The molecule has 0 N–H and O–H groups in total. The normalized spacial score (nSPS) is 24.2. The number of nitro benzene ring substituents is 1. The van der Waals surface area contributed by atoms with Crippen LogP contribution in [0.3, 0.4) is 0 Å². The predicted molar refractivity (Wildman–Crippen MR) is 77.3 cm³/mol. The van der Waals surface area contributed by atoms with Crippen molar-refractivity contribution in [3.8, 4) is 0 Å². The molecular formula is C16H23NO2. The second-order valence-corrected chi connectivity index (χ2v) is 6.77. The minimum Gasteiger partial charge on any atom is -0.258 e. The summed E-state index contributed by atoms with van der Waals surface area (Å²) in [7, 11) is 0. The average Bonchev–Trinajstić information content (AvgIpc) is 2.38. The van der Waals surface area contributed by atoms with E-state index in [0.29, 0.717) is 11.3 Å². The molecule has 0 aliphatic heterocycles. The lowest BCUT2D eigenvalue weighted by atomic mass is 9.69. The summed E-state index contributed by atoms with van der Waals surface area (Å²) in [5, 5.41) is 10.8. The van der Waals surface area contributed by atoms with Crippen molar-refractivity contribution in [2.75, 3.05) is 0 Å². The van der Waals surface area contributed by atoms with E-state index in [1.54, 1.807) is 12.1 Å². The molecule has 1 aromatic carbocycles. The first-order valence-electron chi connectivity index (χ1n) is 7.12. The minimum atomic E-state index is -0.301. The Balaban J connectivity index is 2.05. The SMILES string of the molecule is CC(C)(C)C1CCC(c2cccc([N+](=O)[O-])c2)CC1. The zero-order valence-corrected chi connectivity index (χ0v) is 12.1. The fourth-order valence-corrected chi connectivity index (χ4v) is 3.19. The molecule has 0 saturated heterocycles. The summed E-state index contributed by atoms with van der Waals surface area (Å²) < 4.78 is 0. The Morgan fingerprint density at radius 2 is 1.79 bits per heavy atom. The molecule has 0 spiro atoms. The first kappa shape index (κ1) is 14.0. The number of nitrogens with zero attached hydrogens (tertiary/aromatic N) is 1. The van der Waals surface area contributed by atoms with Gasteiger partial charge in [0.15, 0.2) is 0 Å². The van der Waals surface area contributed by atoms with E-state index in [2.05, 4.69) is 20.8 Å². The second-order valence-electron chi connectivity index (χ2n) is 6.77. The maximum Gasteiger partial charge on any atom is 0.269 e. The number of hydrogen-bond donors (Lipinski definition) is 0. The molecule has 1 fully saturated rings. The van der Waals surface area contributed by atoms with Gasteiger partial charge in [0.1, 0.15) is 0 Å². The topological polar surface area (TPSA) is 43.1 Å². The van der Waals surface area contributed by atoms with E-state index < -0.39 is 0 Å². The maximum atomic E-state index is 10.8. The van der Waals surface area contributed by atoms with E-state index in [-0.39, 0.29) is 10.6 Å². The van der Waals surface area contributed by atoms with Gasteiger partial charge in [-0.3, -0.25) is 10.1 Å². The third-order valence-electron chi connectivity index (χ3n) is 4.50. The smallest absolute Gasteiger partial charge is 0.258 e. The summed E-state index contributed by atoms with van der Waals surface area (Å²) in [6, 6.07) is 7.17. The van der Waals surface area contributed by atoms with Gasteiger partial charge in [-0.25, -0.2) is 0 Å². The molecule has 1 aliphatic rings. The first-order valence-corrected chi connectivity index (χ1v) is 7.12. The molecule has 0 atom stereocenters. The molecule has 2 rings (SSSR count). The highest BCUT2D eigenvalue weighted by Gasteiger charge is 2.30. The Hall–Kier alpha value is -1.38. The Bertz CT molecular complexity index is 454. The van der Waals surface area contributed by atoms with Crippen molar-refractivity contribution in [2.24, 2.45) is 11.3 Å². The Labute approximate surface area is 115 Å². The first-order chi connectivity index (χ1) is 8.88. The molecule has 0 radical (unpaired) electrons. The second kappa shape index (κ2) is 5.32. The van der Waals surface area contributed by atoms with Crippen LogP contribution in [0.1, 0.15) is 57.9 Å². The van der Waals surface area contributed by atoms with Crippen LogP contribution >= 0.6 is 0 Å². The van der Waals surface area contributed by atoms with Gasteiger partial charge in [0.2, 0.25) is 0 Å². The lowest BCUT2D eigenvalue weighted by Crippen LogP contribution is -2.25. The molecule has 3 nitrogen and oxygen atoms in total. The molecule has 3 heteroatoms. The van der Waals surface area contributed by atoms with Gasteiger partial charge < -0.3 is 0 Å². The molecule has 0 bridgehead atoms. The average molecular weight is 261 g/mol. The van der Waals surface area contributed by atoms with Crippen molar-refractivity contribution < 1.29 is 4.92 Å². The third-order valence-corrected chi connectivity index (χ3v) is 4.50. The van der Waals surface area contributed by atoms with E-state index in [9.17, 15) is 10.1 Å². The monoisotopic (exact) mass is 261 g/mol. The molecule has 1 saturated carbocycles. The highest BCUT2D eigenvalue weighted by atomic mass is 16.6. The van der Waals surface area contributed by atoms with Crippen molar-refractivity contribution in [3.63, 3.8) is 0 Å². The number of benzene rings is 1. The molecular weight excluding hydrogens is 238 g/mol. The summed E-state index contributed by atoms with van der Waals surface area (Å²) in [6.45, 7) is 6.93. The number of nitro groups is 1. The van der Waals surface area contributed by atoms with Crippen LogP contribution in [-0.4, -0.2) is 4.92 Å². The van der Waals surface area contributed by atoms with Crippen LogP contribution in [0.25, 0.3) is 0 Å². The van der Waals surface area contributed by atoms with Crippen molar-refractivity contribution >= 4 is 5.69 Å². The Kier molecular flexibility index (Phi) is 3.93. The van der Waals surface area contributed by atoms with Gasteiger partial charge >= 0.3 is 0 Å². The van der Waals surface area contributed by atoms with Crippen LogP contribution in [0.2, 0.25) is 0 Å². The van der Waals surface area contributed by atoms with Crippen molar-refractivity contribution in [2.45, 2.75) is 52.4 Å². The van der Waals surface area contributed by atoms with Gasteiger partial charge in [-0.05, 0) is 48.5 Å². The lowest BCUT2D eigenvalue weighted by molar-refractivity contribution is -0.384. The van der Waals surface area contributed by atoms with E-state index >= 15 is 0 Å². The van der Waals surface area contributed by atoms with Gasteiger partial charge in [0.05, 0.1) is 4.92 Å². The van der Waals surface area contributed by atoms with Crippen LogP contribution in [-0.2, 0) is 0 Å². The molecule has 19 heavy (non-hydrogen) atoms. The fraction of sp³-hybridized carbons (Fsp3) is 0.625. The molecule has 104 valence electrons. The van der Waals surface area contributed by atoms with Crippen LogP contribution in [0.5, 0.6) is 0 Å². The largest absolute Gasteiger partial charge is 0.269 e. The summed E-state index contributed by atoms with van der Waals surface area (Å²) >= 11 is 0. The summed E-state index contributed by atoms with van der Waals surface area (Å²) in [6.07, 6.45) is 4.78. The van der Waals surface area contributed by atoms with E-state index in [1.165, 1.54) is 12.8 Å². The highest BCUT2D eigenvalue weighted by Crippen LogP contribution is 2.43. The predicted octanol–water partition coefficient (Wildman–Crippen LogP) is 4.91. The van der Waals surface area contributed by atoms with Crippen LogP contribution in [0.15, 0.2) is 24.3 Å². The standard InChI is InChI=1S/C16H23NO2/c1-16(2,3)14-9-7-12(8-10-14)13-5-4-6-15(11-13)17(18)19/h4-6,11-12,14H,7-10H2,1-3H3. The van der Waals surface area contributed by atoms with Gasteiger partial charge in [-0.1, -0.05) is 32.9 Å². The van der Waals surface area contributed by atoms with Gasteiger partial charge in [0, 0.05) is 12.1 Å².